The van der Waals surface area contributed by atoms with Gasteiger partial charge >= 0.3 is 6.03 Å². The summed E-state index contributed by atoms with van der Waals surface area (Å²) in [6, 6.07) is 12.8. The summed E-state index contributed by atoms with van der Waals surface area (Å²) in [5, 5.41) is 5.71. The van der Waals surface area contributed by atoms with Crippen LogP contribution in [0.25, 0.3) is 0 Å². The molecule has 0 heterocycles. The highest BCUT2D eigenvalue weighted by Crippen LogP contribution is 2.29. The van der Waals surface area contributed by atoms with Crippen LogP contribution < -0.4 is 24.8 Å². The molecule has 0 atom stereocenters. The van der Waals surface area contributed by atoms with E-state index in [-0.39, 0.29) is 11.4 Å². The Hall–Kier alpha value is -2.89. The third-order valence-electron chi connectivity index (χ3n) is 4.22. The van der Waals surface area contributed by atoms with Gasteiger partial charge in [0.05, 0.1) is 27.0 Å². The fourth-order valence-electron chi connectivity index (χ4n) is 2.51. The van der Waals surface area contributed by atoms with Gasteiger partial charge in [-0.05, 0) is 29.8 Å². The molecule has 0 bridgehead atoms. The second-order valence-corrected chi connectivity index (χ2v) is 6.49. The van der Waals surface area contributed by atoms with E-state index in [2.05, 4.69) is 24.5 Å². The number of rotatable bonds is 7. The van der Waals surface area contributed by atoms with Crippen LogP contribution in [0.4, 0.5) is 10.5 Å². The van der Waals surface area contributed by atoms with Crippen LogP contribution in [0.2, 0.25) is 0 Å². The fourth-order valence-corrected chi connectivity index (χ4v) is 2.51. The lowest BCUT2D eigenvalue weighted by atomic mass is 9.84. The maximum Gasteiger partial charge on any atom is 0.319 e. The minimum Gasteiger partial charge on any atom is -0.497 e. The van der Waals surface area contributed by atoms with E-state index in [1.54, 1.807) is 39.5 Å². The van der Waals surface area contributed by atoms with Gasteiger partial charge in [0.2, 0.25) is 0 Å². The van der Waals surface area contributed by atoms with Crippen LogP contribution in [0.15, 0.2) is 42.5 Å². The van der Waals surface area contributed by atoms with Crippen molar-refractivity contribution in [2.45, 2.75) is 19.3 Å². The first kappa shape index (κ1) is 19.4. The lowest BCUT2D eigenvalue weighted by Gasteiger charge is -2.26. The van der Waals surface area contributed by atoms with Crippen molar-refractivity contribution < 1.29 is 19.0 Å². The molecule has 0 aliphatic carbocycles. The van der Waals surface area contributed by atoms with Gasteiger partial charge in [0.15, 0.2) is 0 Å². The van der Waals surface area contributed by atoms with Crippen molar-refractivity contribution >= 4 is 11.7 Å². The molecule has 140 valence electrons. The van der Waals surface area contributed by atoms with Gasteiger partial charge in [-0.3, -0.25) is 0 Å². The molecular formula is C20H26N2O4. The normalized spacial score (nSPS) is 10.8. The summed E-state index contributed by atoms with van der Waals surface area (Å²) in [4.78, 5) is 12.3. The standard InChI is InChI=1S/C20H26N2O4/c1-20(2,14-6-8-15(24-3)9-7-14)13-21-19(23)22-17-11-10-16(25-4)12-18(17)26-5/h6-12H,13H2,1-5H3,(H2,21,22,23). The van der Waals surface area contributed by atoms with Crippen LogP contribution in [0, 0.1) is 0 Å². The molecule has 26 heavy (non-hydrogen) atoms. The van der Waals surface area contributed by atoms with Gasteiger partial charge in [0, 0.05) is 18.0 Å². The van der Waals surface area contributed by atoms with Crippen LogP contribution >= 0.6 is 0 Å². The molecule has 0 saturated carbocycles. The van der Waals surface area contributed by atoms with Crippen molar-refractivity contribution in [2.75, 3.05) is 33.2 Å². The Morgan fingerprint density at radius 1 is 0.923 bits per heavy atom. The lowest BCUT2D eigenvalue weighted by Crippen LogP contribution is -2.39. The number of amides is 2. The van der Waals surface area contributed by atoms with Crippen molar-refractivity contribution in [3.8, 4) is 17.2 Å². The summed E-state index contributed by atoms with van der Waals surface area (Å²) in [5.74, 6) is 2.00. The van der Waals surface area contributed by atoms with E-state index in [9.17, 15) is 4.79 Å². The highest BCUT2D eigenvalue weighted by molar-refractivity contribution is 5.91. The zero-order valence-corrected chi connectivity index (χ0v) is 15.9. The Labute approximate surface area is 154 Å². The Balaban J connectivity index is 1.99. The van der Waals surface area contributed by atoms with E-state index in [4.69, 9.17) is 14.2 Å². The van der Waals surface area contributed by atoms with E-state index >= 15 is 0 Å². The van der Waals surface area contributed by atoms with Crippen LogP contribution in [0.1, 0.15) is 19.4 Å². The van der Waals surface area contributed by atoms with Crippen molar-refractivity contribution in [3.63, 3.8) is 0 Å². The maximum absolute atomic E-state index is 12.3. The number of urea groups is 1. The molecular weight excluding hydrogens is 332 g/mol. The van der Waals surface area contributed by atoms with E-state index in [1.165, 1.54) is 0 Å². The minimum atomic E-state index is -0.296. The summed E-state index contributed by atoms with van der Waals surface area (Å²) >= 11 is 0. The van der Waals surface area contributed by atoms with Gasteiger partial charge in [0.1, 0.15) is 17.2 Å². The largest absolute Gasteiger partial charge is 0.497 e. The number of methoxy groups -OCH3 is 3. The van der Waals surface area contributed by atoms with E-state index in [0.29, 0.717) is 23.7 Å². The molecule has 2 aromatic carbocycles. The molecule has 0 aliphatic heterocycles. The second kappa shape index (κ2) is 8.47. The summed E-state index contributed by atoms with van der Waals surface area (Å²) in [6.07, 6.45) is 0. The minimum absolute atomic E-state index is 0.229. The molecule has 0 fully saturated rings. The smallest absolute Gasteiger partial charge is 0.319 e. The lowest BCUT2D eigenvalue weighted by molar-refractivity contribution is 0.249. The second-order valence-electron chi connectivity index (χ2n) is 6.49. The van der Waals surface area contributed by atoms with Gasteiger partial charge in [-0.2, -0.15) is 0 Å². The number of ether oxygens (including phenoxy) is 3. The number of anilines is 1. The summed E-state index contributed by atoms with van der Waals surface area (Å²) < 4.78 is 15.6. The molecule has 0 radical (unpaired) electrons. The van der Waals surface area contributed by atoms with Crippen LogP contribution in [0.3, 0.4) is 0 Å². The molecule has 2 aromatic rings. The Bertz CT molecular complexity index is 742. The van der Waals surface area contributed by atoms with Crippen LogP contribution in [-0.4, -0.2) is 33.9 Å². The zero-order chi connectivity index (χ0) is 19.2. The quantitative estimate of drug-likeness (QED) is 0.790. The van der Waals surface area contributed by atoms with E-state index in [1.807, 2.05) is 24.3 Å². The Morgan fingerprint density at radius 3 is 2.12 bits per heavy atom. The molecule has 0 aliphatic rings. The highest BCUT2D eigenvalue weighted by atomic mass is 16.5. The fraction of sp³-hybridized carbons (Fsp3) is 0.350. The average molecular weight is 358 g/mol. The first-order valence-electron chi connectivity index (χ1n) is 8.31. The number of nitrogens with one attached hydrogen (secondary N) is 2. The predicted molar refractivity (Wildman–Crippen MR) is 103 cm³/mol. The van der Waals surface area contributed by atoms with Crippen molar-refractivity contribution in [2.24, 2.45) is 0 Å². The number of hydrogen-bond acceptors (Lipinski definition) is 4. The highest BCUT2D eigenvalue weighted by Gasteiger charge is 2.21. The zero-order valence-electron chi connectivity index (χ0n) is 15.9. The van der Waals surface area contributed by atoms with Gasteiger partial charge in [-0.1, -0.05) is 26.0 Å². The molecule has 6 heteroatoms. The molecule has 0 spiro atoms. The summed E-state index contributed by atoms with van der Waals surface area (Å²) in [6.45, 7) is 4.62. The summed E-state index contributed by atoms with van der Waals surface area (Å²) in [7, 11) is 4.76. The Kier molecular flexibility index (Phi) is 6.33. The molecule has 2 amide bonds. The van der Waals surface area contributed by atoms with Gasteiger partial charge in [-0.25, -0.2) is 4.79 Å². The maximum atomic E-state index is 12.3. The predicted octanol–water partition coefficient (Wildman–Crippen LogP) is 3.81. The average Bonchev–Trinajstić information content (AvgIpc) is 2.66. The number of benzene rings is 2. The number of carbonyl (C=O) groups is 1. The third-order valence-corrected chi connectivity index (χ3v) is 4.22. The molecule has 6 nitrogen and oxygen atoms in total. The molecule has 2 rings (SSSR count). The van der Waals surface area contributed by atoms with Crippen molar-refractivity contribution in [3.05, 3.63) is 48.0 Å². The molecule has 0 saturated heterocycles. The monoisotopic (exact) mass is 358 g/mol. The summed E-state index contributed by atoms with van der Waals surface area (Å²) in [5.41, 5.74) is 1.46. The first-order chi connectivity index (χ1) is 12.4. The van der Waals surface area contributed by atoms with E-state index in [0.717, 1.165) is 11.3 Å². The van der Waals surface area contributed by atoms with Crippen LogP contribution in [0.5, 0.6) is 17.2 Å². The third kappa shape index (κ3) is 4.81. The molecule has 2 N–H and O–H groups in total. The topological polar surface area (TPSA) is 68.8 Å². The van der Waals surface area contributed by atoms with Gasteiger partial charge < -0.3 is 24.8 Å². The Morgan fingerprint density at radius 2 is 1.54 bits per heavy atom. The van der Waals surface area contributed by atoms with E-state index < -0.39 is 0 Å². The first-order valence-corrected chi connectivity index (χ1v) is 8.31. The SMILES string of the molecule is COc1ccc(C(C)(C)CNC(=O)Nc2ccc(OC)cc2OC)cc1. The van der Waals surface area contributed by atoms with Crippen LogP contribution in [-0.2, 0) is 5.41 Å². The van der Waals surface area contributed by atoms with Crippen molar-refractivity contribution in [1.82, 2.24) is 5.32 Å². The number of hydrogen-bond donors (Lipinski definition) is 2. The number of carbonyl (C=O) groups excluding carboxylic acids is 1. The van der Waals surface area contributed by atoms with Gasteiger partial charge in [-0.15, -0.1) is 0 Å². The van der Waals surface area contributed by atoms with Gasteiger partial charge in [0.25, 0.3) is 0 Å². The molecule has 0 aromatic heterocycles. The van der Waals surface area contributed by atoms with Crippen molar-refractivity contribution in [1.29, 1.82) is 0 Å². The molecule has 0 unspecified atom stereocenters.